The zero-order valence-electron chi connectivity index (χ0n) is 12.9. The molecule has 3 nitrogen and oxygen atoms in total. The van der Waals surface area contributed by atoms with E-state index >= 15 is 0 Å². The molecule has 0 fully saturated rings. The van der Waals surface area contributed by atoms with Crippen molar-refractivity contribution in [2.45, 2.75) is 26.7 Å². The average Bonchev–Trinajstić information content (AvgIpc) is 2.50. The summed E-state index contributed by atoms with van der Waals surface area (Å²) < 4.78 is 1.06. The number of anilines is 2. The van der Waals surface area contributed by atoms with E-state index in [9.17, 15) is 4.79 Å². The van der Waals surface area contributed by atoms with Gasteiger partial charge in [-0.25, -0.2) is 0 Å². The molecular formula is C18H21BrN2O. The van der Waals surface area contributed by atoms with Crippen LogP contribution in [0.15, 0.2) is 46.9 Å². The second-order valence-corrected chi connectivity index (χ2v) is 6.11. The van der Waals surface area contributed by atoms with Crippen molar-refractivity contribution < 1.29 is 4.79 Å². The third-order valence-corrected chi connectivity index (χ3v) is 4.02. The van der Waals surface area contributed by atoms with Gasteiger partial charge in [-0.15, -0.1) is 0 Å². The summed E-state index contributed by atoms with van der Waals surface area (Å²) in [6.07, 6.45) is 1.35. The maximum absolute atomic E-state index is 12.1. The van der Waals surface area contributed by atoms with Crippen LogP contribution in [0, 0.1) is 6.92 Å². The Hall–Kier alpha value is -1.81. The number of rotatable bonds is 6. The van der Waals surface area contributed by atoms with Crippen LogP contribution in [0.1, 0.15) is 24.5 Å². The number of carbonyl (C=O) groups excluding carboxylic acids is 1. The maximum atomic E-state index is 12.1. The minimum absolute atomic E-state index is 0.0307. The number of hydrogen-bond donors (Lipinski definition) is 2. The SMILES string of the molecule is CCc1ccccc1NC(=O)CCNc1ccc(Br)cc1C. The Morgan fingerprint density at radius 3 is 2.64 bits per heavy atom. The van der Waals surface area contributed by atoms with Crippen molar-refractivity contribution in [2.75, 3.05) is 17.2 Å². The first-order valence-corrected chi connectivity index (χ1v) is 8.27. The van der Waals surface area contributed by atoms with Gasteiger partial charge in [0.05, 0.1) is 0 Å². The zero-order valence-corrected chi connectivity index (χ0v) is 14.5. The number of para-hydroxylation sites is 1. The molecule has 116 valence electrons. The monoisotopic (exact) mass is 360 g/mol. The van der Waals surface area contributed by atoms with E-state index in [0.29, 0.717) is 13.0 Å². The van der Waals surface area contributed by atoms with E-state index in [1.165, 1.54) is 0 Å². The summed E-state index contributed by atoms with van der Waals surface area (Å²) in [5, 5.41) is 6.29. The van der Waals surface area contributed by atoms with Crippen LogP contribution in [0.4, 0.5) is 11.4 Å². The second-order valence-electron chi connectivity index (χ2n) is 5.19. The van der Waals surface area contributed by atoms with Gasteiger partial charge in [0, 0.05) is 28.8 Å². The smallest absolute Gasteiger partial charge is 0.226 e. The first kappa shape index (κ1) is 16.6. The Kier molecular flexibility index (Phi) is 6.01. The zero-order chi connectivity index (χ0) is 15.9. The van der Waals surface area contributed by atoms with E-state index in [-0.39, 0.29) is 5.91 Å². The Morgan fingerprint density at radius 1 is 1.14 bits per heavy atom. The summed E-state index contributed by atoms with van der Waals surface area (Å²) in [6.45, 7) is 4.75. The largest absolute Gasteiger partial charge is 0.384 e. The Balaban J connectivity index is 1.85. The lowest BCUT2D eigenvalue weighted by atomic mass is 10.1. The van der Waals surface area contributed by atoms with Gasteiger partial charge in [-0.2, -0.15) is 0 Å². The molecule has 22 heavy (non-hydrogen) atoms. The molecule has 0 saturated carbocycles. The van der Waals surface area contributed by atoms with Crippen molar-refractivity contribution in [3.8, 4) is 0 Å². The molecule has 1 amide bonds. The number of hydrogen-bond acceptors (Lipinski definition) is 2. The van der Waals surface area contributed by atoms with Crippen LogP contribution in [0.2, 0.25) is 0 Å². The third kappa shape index (κ3) is 4.60. The normalized spacial score (nSPS) is 10.3. The van der Waals surface area contributed by atoms with Crippen LogP contribution < -0.4 is 10.6 Å². The lowest BCUT2D eigenvalue weighted by molar-refractivity contribution is -0.115. The van der Waals surface area contributed by atoms with E-state index in [2.05, 4.69) is 39.6 Å². The van der Waals surface area contributed by atoms with E-state index in [4.69, 9.17) is 0 Å². The lowest BCUT2D eigenvalue weighted by Crippen LogP contribution is -2.17. The molecule has 0 spiro atoms. The molecule has 0 bridgehead atoms. The van der Waals surface area contributed by atoms with E-state index in [1.54, 1.807) is 0 Å². The van der Waals surface area contributed by atoms with Crippen molar-refractivity contribution in [3.63, 3.8) is 0 Å². The van der Waals surface area contributed by atoms with Crippen LogP contribution in [0.5, 0.6) is 0 Å². The molecule has 0 aliphatic heterocycles. The van der Waals surface area contributed by atoms with Crippen LogP contribution >= 0.6 is 15.9 Å². The molecule has 0 aliphatic rings. The van der Waals surface area contributed by atoms with Crippen LogP contribution in [0.25, 0.3) is 0 Å². The van der Waals surface area contributed by atoms with Crippen molar-refractivity contribution in [1.82, 2.24) is 0 Å². The molecule has 0 saturated heterocycles. The minimum Gasteiger partial charge on any atom is -0.384 e. The second kappa shape index (κ2) is 7.99. The summed E-state index contributed by atoms with van der Waals surface area (Å²) in [5.41, 5.74) is 4.29. The summed E-state index contributed by atoms with van der Waals surface area (Å²) in [7, 11) is 0. The summed E-state index contributed by atoms with van der Waals surface area (Å²) in [6, 6.07) is 14.0. The van der Waals surface area contributed by atoms with Crippen molar-refractivity contribution in [2.24, 2.45) is 0 Å². The van der Waals surface area contributed by atoms with E-state index in [0.717, 1.165) is 33.4 Å². The fourth-order valence-electron chi connectivity index (χ4n) is 2.30. The number of amides is 1. The van der Waals surface area contributed by atoms with Gasteiger partial charge >= 0.3 is 0 Å². The third-order valence-electron chi connectivity index (χ3n) is 3.53. The van der Waals surface area contributed by atoms with Gasteiger partial charge in [0.1, 0.15) is 0 Å². The number of benzene rings is 2. The maximum Gasteiger partial charge on any atom is 0.226 e. The van der Waals surface area contributed by atoms with Gasteiger partial charge in [0.2, 0.25) is 5.91 Å². The van der Waals surface area contributed by atoms with Gasteiger partial charge < -0.3 is 10.6 Å². The summed E-state index contributed by atoms with van der Waals surface area (Å²) in [4.78, 5) is 12.1. The van der Waals surface area contributed by atoms with Gasteiger partial charge in [0.25, 0.3) is 0 Å². The molecular weight excluding hydrogens is 340 g/mol. The molecule has 0 heterocycles. The molecule has 0 aromatic heterocycles. The molecule has 4 heteroatoms. The molecule has 0 aliphatic carbocycles. The van der Waals surface area contributed by atoms with Crippen LogP contribution in [0.3, 0.4) is 0 Å². The lowest BCUT2D eigenvalue weighted by Gasteiger charge is -2.11. The van der Waals surface area contributed by atoms with Crippen LogP contribution in [-0.4, -0.2) is 12.5 Å². The first-order valence-electron chi connectivity index (χ1n) is 7.48. The van der Waals surface area contributed by atoms with Crippen molar-refractivity contribution >= 4 is 33.2 Å². The molecule has 0 atom stereocenters. The molecule has 2 N–H and O–H groups in total. The minimum atomic E-state index is 0.0307. The predicted octanol–water partition coefficient (Wildman–Crippen LogP) is 4.76. The van der Waals surface area contributed by atoms with Gasteiger partial charge in [-0.1, -0.05) is 41.1 Å². The van der Waals surface area contributed by atoms with E-state index < -0.39 is 0 Å². The quantitative estimate of drug-likeness (QED) is 0.779. The number of halogens is 1. The van der Waals surface area contributed by atoms with Gasteiger partial charge in [-0.05, 0) is 48.7 Å². The highest BCUT2D eigenvalue weighted by Crippen LogP contribution is 2.20. The highest BCUT2D eigenvalue weighted by molar-refractivity contribution is 9.10. The number of aryl methyl sites for hydroxylation is 2. The summed E-state index contributed by atoms with van der Waals surface area (Å²) >= 11 is 3.45. The number of carbonyl (C=O) groups is 1. The van der Waals surface area contributed by atoms with Crippen molar-refractivity contribution in [1.29, 1.82) is 0 Å². The fraction of sp³-hybridized carbons (Fsp3) is 0.278. The Labute approximate surface area is 140 Å². The average molecular weight is 361 g/mol. The topological polar surface area (TPSA) is 41.1 Å². The van der Waals surface area contributed by atoms with Gasteiger partial charge in [0.15, 0.2) is 0 Å². The van der Waals surface area contributed by atoms with E-state index in [1.807, 2.05) is 43.3 Å². The molecule has 0 radical (unpaired) electrons. The first-order chi connectivity index (χ1) is 10.6. The highest BCUT2D eigenvalue weighted by Gasteiger charge is 2.06. The Morgan fingerprint density at radius 2 is 1.91 bits per heavy atom. The van der Waals surface area contributed by atoms with Gasteiger partial charge in [-0.3, -0.25) is 4.79 Å². The Bertz CT molecular complexity index is 655. The predicted molar refractivity (Wildman–Crippen MR) is 96.4 cm³/mol. The molecule has 2 rings (SSSR count). The molecule has 2 aromatic rings. The summed E-state index contributed by atoms with van der Waals surface area (Å²) in [5.74, 6) is 0.0307. The van der Waals surface area contributed by atoms with Crippen LogP contribution in [-0.2, 0) is 11.2 Å². The standard InChI is InChI=1S/C18H21BrN2O/c1-3-14-6-4-5-7-17(14)21-18(22)10-11-20-16-9-8-15(19)12-13(16)2/h4-9,12,20H,3,10-11H2,1-2H3,(H,21,22). The number of nitrogens with one attached hydrogen (secondary N) is 2. The highest BCUT2D eigenvalue weighted by atomic mass is 79.9. The van der Waals surface area contributed by atoms with Crippen molar-refractivity contribution in [3.05, 3.63) is 58.1 Å². The molecule has 0 unspecified atom stereocenters. The fourth-order valence-corrected chi connectivity index (χ4v) is 2.77. The molecule has 2 aromatic carbocycles.